The van der Waals surface area contributed by atoms with Gasteiger partial charge >= 0.3 is 22.7 Å². The second-order valence-electron chi connectivity index (χ2n) is 2.93. The minimum Gasteiger partial charge on any atom is -0.423 e. The Bertz CT molecular complexity index is 481. The van der Waals surface area contributed by atoms with Gasteiger partial charge in [-0.2, -0.15) is 21.6 Å². The molecule has 0 spiro atoms. The molecule has 5 nitrogen and oxygen atoms in total. The predicted octanol–water partition coefficient (Wildman–Crippen LogP) is -0.405. The number of halogens is 3. The van der Waals surface area contributed by atoms with Crippen LogP contribution in [0.3, 0.4) is 0 Å². The smallest absolute Gasteiger partial charge is 0.423 e. The van der Waals surface area contributed by atoms with Gasteiger partial charge in [-0.3, -0.25) is 0 Å². The first-order valence-electron chi connectivity index (χ1n) is 4.10. The van der Waals surface area contributed by atoms with E-state index in [1.54, 1.807) is 0 Å². The highest BCUT2D eigenvalue weighted by atomic mass is 32.2. The number of alkyl halides is 3. The van der Waals surface area contributed by atoms with Crippen molar-refractivity contribution in [3.8, 4) is 5.75 Å². The first-order chi connectivity index (χ1) is 7.63. The molecular weight excluding hydrogens is 264 g/mol. The van der Waals surface area contributed by atoms with E-state index in [-0.39, 0.29) is 5.46 Å². The molecule has 0 saturated carbocycles. The molecule has 0 aliphatic heterocycles. The molecule has 0 atom stereocenters. The van der Waals surface area contributed by atoms with Gasteiger partial charge in [0, 0.05) is 0 Å². The third-order valence-electron chi connectivity index (χ3n) is 1.67. The average Bonchev–Trinajstić information content (AvgIpc) is 2.16. The number of hydrogen-bond donors (Lipinski definition) is 2. The second kappa shape index (κ2) is 4.55. The van der Waals surface area contributed by atoms with Crippen LogP contribution in [-0.2, 0) is 10.1 Å². The lowest BCUT2D eigenvalue weighted by atomic mass is 9.80. The van der Waals surface area contributed by atoms with Crippen LogP contribution in [0.25, 0.3) is 0 Å². The summed E-state index contributed by atoms with van der Waals surface area (Å²) in [7, 11) is -7.51. The first kappa shape index (κ1) is 13.8. The summed E-state index contributed by atoms with van der Waals surface area (Å²) in [5, 5.41) is 17.4. The summed E-state index contributed by atoms with van der Waals surface area (Å²) in [4.78, 5) is 0. The molecule has 0 aliphatic rings. The lowest BCUT2D eigenvalue weighted by Crippen LogP contribution is -2.30. The van der Waals surface area contributed by atoms with Crippen LogP contribution in [0.2, 0.25) is 0 Å². The third-order valence-corrected chi connectivity index (χ3v) is 2.65. The molecule has 10 heteroatoms. The van der Waals surface area contributed by atoms with Crippen LogP contribution in [0.1, 0.15) is 0 Å². The molecule has 1 rings (SSSR count). The van der Waals surface area contributed by atoms with Crippen molar-refractivity contribution in [2.75, 3.05) is 0 Å². The fourth-order valence-electron chi connectivity index (χ4n) is 0.869. The Morgan fingerprint density at radius 3 is 1.94 bits per heavy atom. The Morgan fingerprint density at radius 2 is 1.59 bits per heavy atom. The van der Waals surface area contributed by atoms with E-state index in [0.717, 1.165) is 24.3 Å². The van der Waals surface area contributed by atoms with Gasteiger partial charge in [0.25, 0.3) is 0 Å². The van der Waals surface area contributed by atoms with Gasteiger partial charge in [0.15, 0.2) is 0 Å². The summed E-state index contributed by atoms with van der Waals surface area (Å²) in [5.41, 5.74) is -5.52. The van der Waals surface area contributed by atoms with Crippen molar-refractivity contribution < 1.29 is 35.8 Å². The third kappa shape index (κ3) is 3.35. The molecule has 17 heavy (non-hydrogen) atoms. The van der Waals surface area contributed by atoms with Gasteiger partial charge in [0.2, 0.25) is 0 Å². The maximum absolute atomic E-state index is 11.9. The predicted molar refractivity (Wildman–Crippen MR) is 51.9 cm³/mol. The van der Waals surface area contributed by atoms with Crippen LogP contribution in [-0.4, -0.2) is 31.1 Å². The normalized spacial score (nSPS) is 12.3. The fourth-order valence-corrected chi connectivity index (χ4v) is 1.33. The summed E-state index contributed by atoms with van der Waals surface area (Å²) in [6.45, 7) is 0. The highest BCUT2D eigenvalue weighted by molar-refractivity contribution is 7.87. The molecule has 0 amide bonds. The quantitative estimate of drug-likeness (QED) is 0.443. The zero-order chi connectivity index (χ0) is 13.3. The molecule has 0 saturated heterocycles. The monoisotopic (exact) mass is 270 g/mol. The largest absolute Gasteiger partial charge is 0.534 e. The van der Waals surface area contributed by atoms with E-state index in [4.69, 9.17) is 10.0 Å². The van der Waals surface area contributed by atoms with Crippen LogP contribution in [0.5, 0.6) is 5.75 Å². The fraction of sp³-hybridized carbons (Fsp3) is 0.143. The summed E-state index contributed by atoms with van der Waals surface area (Å²) in [6.07, 6.45) is 0. The molecule has 1 aromatic carbocycles. The Labute approximate surface area is 94.7 Å². The standard InChI is InChI=1S/C7H6BF3O5S/c9-7(10,11)17(14,15)16-6-3-1-5(2-4-6)8(12)13/h1-4,12-13H. The van der Waals surface area contributed by atoms with Crippen molar-refractivity contribution in [1.29, 1.82) is 0 Å². The van der Waals surface area contributed by atoms with Crippen LogP contribution in [0.15, 0.2) is 24.3 Å². The summed E-state index contributed by atoms with van der Waals surface area (Å²) in [6, 6.07) is 3.79. The Balaban J connectivity index is 2.91. The van der Waals surface area contributed by atoms with Gasteiger partial charge in [0.1, 0.15) is 5.75 Å². The summed E-state index contributed by atoms with van der Waals surface area (Å²) >= 11 is 0. The first-order valence-corrected chi connectivity index (χ1v) is 5.51. The van der Waals surface area contributed by atoms with Crippen molar-refractivity contribution in [1.82, 2.24) is 0 Å². The molecule has 0 aliphatic carbocycles. The molecule has 0 unspecified atom stereocenters. The SMILES string of the molecule is O=S(=O)(Oc1ccc(B(O)O)cc1)C(F)(F)F. The van der Waals surface area contributed by atoms with Gasteiger partial charge in [-0.25, -0.2) is 0 Å². The lowest BCUT2D eigenvalue weighted by Gasteiger charge is -2.09. The van der Waals surface area contributed by atoms with Crippen molar-refractivity contribution >= 4 is 22.7 Å². The molecule has 0 bridgehead atoms. The van der Waals surface area contributed by atoms with Gasteiger partial charge < -0.3 is 14.2 Å². The maximum atomic E-state index is 11.9. The second-order valence-corrected chi connectivity index (χ2v) is 4.46. The number of benzene rings is 1. The van der Waals surface area contributed by atoms with Crippen molar-refractivity contribution in [3.63, 3.8) is 0 Å². The van der Waals surface area contributed by atoms with E-state index in [1.807, 2.05) is 0 Å². The molecule has 0 aromatic heterocycles. The lowest BCUT2D eigenvalue weighted by molar-refractivity contribution is -0.0500. The molecule has 1 aromatic rings. The number of rotatable bonds is 3. The highest BCUT2D eigenvalue weighted by Crippen LogP contribution is 2.26. The molecular formula is C7H6BF3O5S. The molecule has 0 heterocycles. The zero-order valence-corrected chi connectivity index (χ0v) is 8.86. The Morgan fingerprint density at radius 1 is 1.12 bits per heavy atom. The summed E-state index contributed by atoms with van der Waals surface area (Å²) < 4.78 is 60.8. The maximum Gasteiger partial charge on any atom is 0.534 e. The zero-order valence-electron chi connectivity index (χ0n) is 8.05. The minimum absolute atomic E-state index is 0.0123. The number of hydrogen-bond acceptors (Lipinski definition) is 5. The van der Waals surface area contributed by atoms with E-state index in [9.17, 15) is 21.6 Å². The van der Waals surface area contributed by atoms with Crippen LogP contribution in [0, 0.1) is 0 Å². The van der Waals surface area contributed by atoms with Crippen LogP contribution in [0.4, 0.5) is 13.2 Å². The molecule has 2 N–H and O–H groups in total. The van der Waals surface area contributed by atoms with E-state index in [1.165, 1.54) is 0 Å². The Hall–Kier alpha value is -1.26. The molecule has 0 radical (unpaired) electrons. The highest BCUT2D eigenvalue weighted by Gasteiger charge is 2.48. The topological polar surface area (TPSA) is 83.8 Å². The van der Waals surface area contributed by atoms with Gasteiger partial charge in [-0.05, 0) is 17.6 Å². The van der Waals surface area contributed by atoms with E-state index >= 15 is 0 Å². The van der Waals surface area contributed by atoms with E-state index in [0.29, 0.717) is 0 Å². The molecule has 0 fully saturated rings. The minimum atomic E-state index is -5.71. The van der Waals surface area contributed by atoms with Gasteiger partial charge in [-0.15, -0.1) is 0 Å². The van der Waals surface area contributed by atoms with E-state index in [2.05, 4.69) is 4.18 Å². The Kier molecular flexibility index (Phi) is 3.70. The average molecular weight is 270 g/mol. The van der Waals surface area contributed by atoms with Crippen LogP contribution < -0.4 is 9.65 Å². The summed E-state index contributed by atoms with van der Waals surface area (Å²) in [5.74, 6) is -0.577. The molecule has 94 valence electrons. The van der Waals surface area contributed by atoms with E-state index < -0.39 is 28.5 Å². The van der Waals surface area contributed by atoms with Crippen LogP contribution >= 0.6 is 0 Å². The van der Waals surface area contributed by atoms with Crippen molar-refractivity contribution in [2.24, 2.45) is 0 Å². The van der Waals surface area contributed by atoms with Crippen molar-refractivity contribution in [2.45, 2.75) is 5.51 Å². The van der Waals surface area contributed by atoms with Crippen molar-refractivity contribution in [3.05, 3.63) is 24.3 Å². The van der Waals surface area contributed by atoms with Gasteiger partial charge in [0.05, 0.1) is 0 Å². The van der Waals surface area contributed by atoms with Gasteiger partial charge in [-0.1, -0.05) is 12.1 Å².